The molecule has 1 nitrogen and oxygen atoms in total. The summed E-state index contributed by atoms with van der Waals surface area (Å²) in [4.78, 5) is 0. The zero-order valence-electron chi connectivity index (χ0n) is 13.2. The highest BCUT2D eigenvalue weighted by Gasteiger charge is 2.38. The fraction of sp³-hybridized carbons (Fsp3) is 0.667. The van der Waals surface area contributed by atoms with E-state index in [1.165, 1.54) is 0 Å². The van der Waals surface area contributed by atoms with Crippen LogP contribution in [0.3, 0.4) is 0 Å². The molecule has 0 radical (unpaired) electrons. The van der Waals surface area contributed by atoms with Crippen LogP contribution in [0.2, 0.25) is 0 Å². The average Bonchev–Trinajstić information content (AvgIpc) is 2.25. The van der Waals surface area contributed by atoms with E-state index in [0.717, 1.165) is 30.4 Å². The third-order valence-electron chi connectivity index (χ3n) is 4.53. The van der Waals surface area contributed by atoms with Crippen LogP contribution in [0, 0.1) is 31.5 Å². The standard InChI is InChI=1S/C18H27FO/c1-12(2)8-15-6-5-7-18(20,11-15)17-14(4)9-13(3)10-16(17)19/h9-10,12,15,20H,5-8,11H2,1-4H3. The maximum absolute atomic E-state index is 14.4. The zero-order valence-corrected chi connectivity index (χ0v) is 13.2. The van der Waals surface area contributed by atoms with Gasteiger partial charge in [0.2, 0.25) is 0 Å². The summed E-state index contributed by atoms with van der Waals surface area (Å²) >= 11 is 0. The van der Waals surface area contributed by atoms with Crippen LogP contribution in [-0.2, 0) is 5.60 Å². The lowest BCUT2D eigenvalue weighted by Gasteiger charge is -2.39. The molecule has 1 aromatic carbocycles. The summed E-state index contributed by atoms with van der Waals surface area (Å²) in [5.74, 6) is 0.898. The fourth-order valence-electron chi connectivity index (χ4n) is 3.96. The van der Waals surface area contributed by atoms with Gasteiger partial charge in [-0.25, -0.2) is 4.39 Å². The molecular formula is C18H27FO. The zero-order chi connectivity index (χ0) is 14.9. The fourth-order valence-corrected chi connectivity index (χ4v) is 3.96. The van der Waals surface area contributed by atoms with Crippen molar-refractivity contribution in [3.05, 3.63) is 34.6 Å². The summed E-state index contributed by atoms with van der Waals surface area (Å²) in [5.41, 5.74) is 1.37. The molecule has 0 aliphatic heterocycles. The van der Waals surface area contributed by atoms with E-state index >= 15 is 0 Å². The van der Waals surface area contributed by atoms with Gasteiger partial charge in [-0.3, -0.25) is 0 Å². The summed E-state index contributed by atoms with van der Waals surface area (Å²) < 4.78 is 14.4. The maximum atomic E-state index is 14.4. The summed E-state index contributed by atoms with van der Waals surface area (Å²) in [6, 6.07) is 3.52. The van der Waals surface area contributed by atoms with Crippen molar-refractivity contribution in [1.29, 1.82) is 0 Å². The van der Waals surface area contributed by atoms with Gasteiger partial charge >= 0.3 is 0 Å². The number of hydrogen-bond acceptors (Lipinski definition) is 1. The van der Waals surface area contributed by atoms with Gasteiger partial charge in [-0.2, -0.15) is 0 Å². The summed E-state index contributed by atoms with van der Waals surface area (Å²) in [6.07, 6.45) is 4.65. The van der Waals surface area contributed by atoms with Crippen molar-refractivity contribution in [2.24, 2.45) is 11.8 Å². The predicted octanol–water partition coefficient (Wildman–Crippen LogP) is 4.87. The van der Waals surface area contributed by atoms with Crippen molar-refractivity contribution in [2.45, 2.75) is 65.4 Å². The molecule has 1 aromatic rings. The number of halogens is 1. The molecule has 2 rings (SSSR count). The first-order valence-electron chi connectivity index (χ1n) is 7.81. The predicted molar refractivity (Wildman–Crippen MR) is 81.2 cm³/mol. The van der Waals surface area contributed by atoms with Crippen LogP contribution in [0.5, 0.6) is 0 Å². The van der Waals surface area contributed by atoms with Gasteiger partial charge in [0.05, 0.1) is 5.60 Å². The van der Waals surface area contributed by atoms with Crippen molar-refractivity contribution in [3.8, 4) is 0 Å². The van der Waals surface area contributed by atoms with E-state index in [0.29, 0.717) is 30.2 Å². The Morgan fingerprint density at radius 2 is 2.05 bits per heavy atom. The number of aliphatic hydroxyl groups is 1. The van der Waals surface area contributed by atoms with Gasteiger partial charge in [0.1, 0.15) is 5.82 Å². The third-order valence-corrected chi connectivity index (χ3v) is 4.53. The maximum Gasteiger partial charge on any atom is 0.129 e. The molecule has 20 heavy (non-hydrogen) atoms. The van der Waals surface area contributed by atoms with Gasteiger partial charge in [-0.1, -0.05) is 26.3 Å². The first-order chi connectivity index (χ1) is 9.32. The number of aryl methyl sites for hydroxylation is 2. The number of rotatable bonds is 3. The summed E-state index contributed by atoms with van der Waals surface area (Å²) in [7, 11) is 0. The van der Waals surface area contributed by atoms with Crippen LogP contribution in [0.15, 0.2) is 12.1 Å². The molecule has 0 saturated heterocycles. The Balaban J connectivity index is 2.30. The Labute approximate surface area is 122 Å². The molecule has 0 heterocycles. The van der Waals surface area contributed by atoms with Crippen molar-refractivity contribution in [2.75, 3.05) is 0 Å². The van der Waals surface area contributed by atoms with Crippen LogP contribution < -0.4 is 0 Å². The molecule has 1 N–H and O–H groups in total. The molecule has 1 aliphatic carbocycles. The van der Waals surface area contributed by atoms with Crippen molar-refractivity contribution in [1.82, 2.24) is 0 Å². The van der Waals surface area contributed by atoms with Gasteiger partial charge < -0.3 is 5.11 Å². The minimum absolute atomic E-state index is 0.241. The molecule has 1 fully saturated rings. The average molecular weight is 278 g/mol. The molecule has 0 aromatic heterocycles. The highest BCUT2D eigenvalue weighted by molar-refractivity contribution is 5.36. The first-order valence-corrected chi connectivity index (χ1v) is 7.81. The monoisotopic (exact) mass is 278 g/mol. The normalized spacial score (nSPS) is 27.1. The summed E-state index contributed by atoms with van der Waals surface area (Å²) in [6.45, 7) is 8.23. The second kappa shape index (κ2) is 5.85. The minimum atomic E-state index is -0.973. The van der Waals surface area contributed by atoms with Gasteiger partial charge in [0, 0.05) is 5.56 Å². The summed E-state index contributed by atoms with van der Waals surface area (Å²) in [5, 5.41) is 11.0. The molecular weight excluding hydrogens is 251 g/mol. The van der Waals surface area contributed by atoms with E-state index in [-0.39, 0.29) is 5.82 Å². The van der Waals surface area contributed by atoms with Gasteiger partial charge in [-0.15, -0.1) is 0 Å². The van der Waals surface area contributed by atoms with Crippen molar-refractivity contribution < 1.29 is 9.50 Å². The largest absolute Gasteiger partial charge is 0.385 e. The molecule has 2 heteroatoms. The van der Waals surface area contributed by atoms with E-state index < -0.39 is 5.60 Å². The molecule has 1 aliphatic rings. The van der Waals surface area contributed by atoms with Crippen LogP contribution in [-0.4, -0.2) is 5.11 Å². The SMILES string of the molecule is Cc1cc(C)c(C2(O)CCCC(CC(C)C)C2)c(F)c1. The van der Waals surface area contributed by atoms with Crippen LogP contribution in [0.4, 0.5) is 4.39 Å². The lowest BCUT2D eigenvalue weighted by Crippen LogP contribution is -2.35. The molecule has 0 bridgehead atoms. The lowest BCUT2D eigenvalue weighted by molar-refractivity contribution is -0.0277. The minimum Gasteiger partial charge on any atom is -0.385 e. The van der Waals surface area contributed by atoms with Crippen molar-refractivity contribution in [3.63, 3.8) is 0 Å². The topological polar surface area (TPSA) is 20.2 Å². The third kappa shape index (κ3) is 3.22. The Hall–Kier alpha value is -0.890. The van der Waals surface area contributed by atoms with Crippen LogP contribution in [0.25, 0.3) is 0 Å². The van der Waals surface area contributed by atoms with Crippen LogP contribution >= 0.6 is 0 Å². The van der Waals surface area contributed by atoms with E-state index in [2.05, 4.69) is 13.8 Å². The second-order valence-corrected chi connectivity index (χ2v) is 7.06. The van der Waals surface area contributed by atoms with Crippen molar-refractivity contribution >= 4 is 0 Å². The highest BCUT2D eigenvalue weighted by Crippen LogP contribution is 2.44. The first kappa shape index (κ1) is 15.5. The molecule has 2 atom stereocenters. The Morgan fingerprint density at radius 1 is 1.35 bits per heavy atom. The number of benzene rings is 1. The number of hydrogen-bond donors (Lipinski definition) is 1. The Bertz CT molecular complexity index is 457. The Morgan fingerprint density at radius 3 is 2.65 bits per heavy atom. The van der Waals surface area contributed by atoms with E-state index in [4.69, 9.17) is 0 Å². The van der Waals surface area contributed by atoms with Gasteiger partial charge in [0.25, 0.3) is 0 Å². The van der Waals surface area contributed by atoms with Gasteiger partial charge in [-0.05, 0) is 68.6 Å². The molecule has 0 amide bonds. The smallest absolute Gasteiger partial charge is 0.129 e. The molecule has 0 spiro atoms. The molecule has 112 valence electrons. The Kier molecular flexibility index (Phi) is 4.53. The second-order valence-electron chi connectivity index (χ2n) is 7.06. The molecule has 1 saturated carbocycles. The molecule has 2 unspecified atom stereocenters. The van der Waals surface area contributed by atoms with E-state index in [9.17, 15) is 9.50 Å². The van der Waals surface area contributed by atoms with E-state index in [1.54, 1.807) is 6.07 Å². The van der Waals surface area contributed by atoms with Crippen LogP contribution in [0.1, 0.15) is 62.6 Å². The quantitative estimate of drug-likeness (QED) is 0.836. The lowest BCUT2D eigenvalue weighted by atomic mass is 9.71. The van der Waals surface area contributed by atoms with E-state index in [1.807, 2.05) is 19.9 Å². The highest BCUT2D eigenvalue weighted by atomic mass is 19.1. The van der Waals surface area contributed by atoms with Gasteiger partial charge in [0.15, 0.2) is 0 Å².